The Balaban J connectivity index is 1.48. The third kappa shape index (κ3) is 2.95. The van der Waals surface area contributed by atoms with E-state index in [1.54, 1.807) is 12.3 Å². The summed E-state index contributed by atoms with van der Waals surface area (Å²) >= 11 is 0. The molecule has 1 fully saturated rings. The predicted octanol–water partition coefficient (Wildman–Crippen LogP) is 2.41. The zero-order valence-electron chi connectivity index (χ0n) is 13.2. The van der Waals surface area contributed by atoms with Crippen LogP contribution in [-0.2, 0) is 0 Å². The SMILES string of the molecule is O=C(c1cc2ccccn2c1)N1CCCC(Oc2ccncn2)C1. The van der Waals surface area contributed by atoms with Crippen LogP contribution < -0.4 is 4.74 Å². The first-order valence-electron chi connectivity index (χ1n) is 8.08. The van der Waals surface area contributed by atoms with Crippen molar-refractivity contribution in [3.05, 3.63) is 60.8 Å². The van der Waals surface area contributed by atoms with Crippen molar-refractivity contribution in [2.45, 2.75) is 18.9 Å². The lowest BCUT2D eigenvalue weighted by Gasteiger charge is -2.32. The fourth-order valence-corrected chi connectivity index (χ4v) is 3.09. The van der Waals surface area contributed by atoms with Gasteiger partial charge in [-0.2, -0.15) is 0 Å². The quantitative estimate of drug-likeness (QED) is 0.743. The van der Waals surface area contributed by atoms with Gasteiger partial charge in [-0.15, -0.1) is 0 Å². The number of fused-ring (bicyclic) bond motifs is 1. The minimum absolute atomic E-state index is 0.0327. The van der Waals surface area contributed by atoms with Gasteiger partial charge in [0.1, 0.15) is 12.4 Å². The molecular formula is C18H18N4O2. The van der Waals surface area contributed by atoms with E-state index in [-0.39, 0.29) is 12.0 Å². The number of nitrogens with zero attached hydrogens (tertiary/aromatic N) is 4. The molecule has 6 heteroatoms. The summed E-state index contributed by atoms with van der Waals surface area (Å²) in [6.07, 6.45) is 8.76. The fraction of sp³-hybridized carbons (Fsp3) is 0.278. The molecule has 1 aliphatic rings. The van der Waals surface area contributed by atoms with Crippen LogP contribution in [0.5, 0.6) is 5.88 Å². The van der Waals surface area contributed by atoms with Gasteiger partial charge in [-0.1, -0.05) is 6.07 Å². The van der Waals surface area contributed by atoms with E-state index in [2.05, 4.69) is 9.97 Å². The van der Waals surface area contributed by atoms with Crippen LogP contribution in [0.4, 0.5) is 0 Å². The van der Waals surface area contributed by atoms with Gasteiger partial charge in [0, 0.05) is 36.7 Å². The predicted molar refractivity (Wildman–Crippen MR) is 89.0 cm³/mol. The molecule has 1 unspecified atom stereocenters. The van der Waals surface area contributed by atoms with Gasteiger partial charge in [0.05, 0.1) is 12.1 Å². The number of piperidine rings is 1. The van der Waals surface area contributed by atoms with Gasteiger partial charge >= 0.3 is 0 Å². The zero-order valence-corrected chi connectivity index (χ0v) is 13.2. The van der Waals surface area contributed by atoms with Crippen LogP contribution in [0, 0.1) is 0 Å². The van der Waals surface area contributed by atoms with Crippen LogP contribution in [0.2, 0.25) is 0 Å². The average Bonchev–Trinajstić information content (AvgIpc) is 3.06. The average molecular weight is 322 g/mol. The summed E-state index contributed by atoms with van der Waals surface area (Å²) in [4.78, 5) is 22.6. The van der Waals surface area contributed by atoms with Crippen molar-refractivity contribution in [1.29, 1.82) is 0 Å². The molecule has 3 aromatic rings. The third-order valence-electron chi connectivity index (χ3n) is 4.26. The molecule has 1 amide bonds. The molecule has 0 saturated carbocycles. The number of carbonyl (C=O) groups excluding carboxylic acids is 1. The minimum Gasteiger partial charge on any atom is -0.472 e. The van der Waals surface area contributed by atoms with Gasteiger partial charge in [-0.25, -0.2) is 9.97 Å². The van der Waals surface area contributed by atoms with Crippen molar-refractivity contribution in [2.75, 3.05) is 13.1 Å². The van der Waals surface area contributed by atoms with Crippen molar-refractivity contribution in [1.82, 2.24) is 19.3 Å². The van der Waals surface area contributed by atoms with Crippen molar-refractivity contribution in [3.63, 3.8) is 0 Å². The summed E-state index contributed by atoms with van der Waals surface area (Å²) in [5.41, 5.74) is 1.73. The van der Waals surface area contributed by atoms with E-state index in [0.717, 1.165) is 24.9 Å². The number of amides is 1. The molecule has 4 heterocycles. The zero-order chi connectivity index (χ0) is 16.4. The Hall–Kier alpha value is -2.89. The van der Waals surface area contributed by atoms with Gasteiger partial charge < -0.3 is 14.0 Å². The highest BCUT2D eigenvalue weighted by molar-refractivity contribution is 5.95. The van der Waals surface area contributed by atoms with E-state index >= 15 is 0 Å². The van der Waals surface area contributed by atoms with Gasteiger partial charge in [-0.3, -0.25) is 4.79 Å². The molecule has 122 valence electrons. The second-order valence-electron chi connectivity index (χ2n) is 5.94. The van der Waals surface area contributed by atoms with Crippen LogP contribution in [0.1, 0.15) is 23.2 Å². The second kappa shape index (κ2) is 6.31. The molecular weight excluding hydrogens is 304 g/mol. The number of rotatable bonds is 3. The number of ether oxygens (including phenoxy) is 1. The Labute approximate surface area is 139 Å². The maximum Gasteiger partial charge on any atom is 0.255 e. The van der Waals surface area contributed by atoms with Gasteiger partial charge in [0.15, 0.2) is 0 Å². The molecule has 0 bridgehead atoms. The van der Waals surface area contributed by atoms with Crippen LogP contribution in [-0.4, -0.2) is 44.4 Å². The Morgan fingerprint density at radius 2 is 2.25 bits per heavy atom. The number of hydrogen-bond donors (Lipinski definition) is 0. The lowest BCUT2D eigenvalue weighted by molar-refractivity contribution is 0.0527. The molecule has 1 atom stereocenters. The number of hydrogen-bond acceptors (Lipinski definition) is 4. The topological polar surface area (TPSA) is 59.7 Å². The fourth-order valence-electron chi connectivity index (χ4n) is 3.09. The highest BCUT2D eigenvalue weighted by Crippen LogP contribution is 2.19. The molecule has 0 N–H and O–H groups in total. The Bertz CT molecular complexity index is 813. The lowest BCUT2D eigenvalue weighted by Crippen LogP contribution is -2.44. The summed E-state index contributed by atoms with van der Waals surface area (Å²) in [7, 11) is 0. The molecule has 0 spiro atoms. The van der Waals surface area contributed by atoms with Gasteiger partial charge in [-0.05, 0) is 31.0 Å². The molecule has 24 heavy (non-hydrogen) atoms. The first kappa shape index (κ1) is 14.7. The van der Waals surface area contributed by atoms with Crippen LogP contribution in [0.25, 0.3) is 5.52 Å². The molecule has 1 aliphatic heterocycles. The molecule has 1 saturated heterocycles. The van der Waals surface area contributed by atoms with E-state index in [1.165, 1.54) is 6.33 Å². The van der Waals surface area contributed by atoms with E-state index in [9.17, 15) is 4.79 Å². The standard InChI is InChI=1S/C18H18N4O2/c23-18(14-10-15-4-1-2-8-21(15)11-14)22-9-3-5-16(12-22)24-17-6-7-19-13-20-17/h1-2,4,6-8,10-11,13,16H,3,5,9,12H2. The summed E-state index contributed by atoms with van der Waals surface area (Å²) in [6.45, 7) is 1.34. The maximum atomic E-state index is 12.8. The second-order valence-corrected chi connectivity index (χ2v) is 5.94. The van der Waals surface area contributed by atoms with Crippen molar-refractivity contribution < 1.29 is 9.53 Å². The maximum absolute atomic E-state index is 12.8. The molecule has 3 aromatic heterocycles. The number of likely N-dealkylation sites (tertiary alicyclic amines) is 1. The first-order valence-corrected chi connectivity index (χ1v) is 8.08. The van der Waals surface area contributed by atoms with E-state index < -0.39 is 0 Å². The van der Waals surface area contributed by atoms with E-state index in [0.29, 0.717) is 18.0 Å². The van der Waals surface area contributed by atoms with Crippen LogP contribution in [0.15, 0.2) is 55.2 Å². The lowest BCUT2D eigenvalue weighted by atomic mass is 10.1. The smallest absolute Gasteiger partial charge is 0.255 e. The van der Waals surface area contributed by atoms with Crippen molar-refractivity contribution in [2.24, 2.45) is 0 Å². The monoisotopic (exact) mass is 322 g/mol. The van der Waals surface area contributed by atoms with E-state index in [1.807, 2.05) is 46.0 Å². The highest BCUT2D eigenvalue weighted by Gasteiger charge is 2.26. The normalized spacial score (nSPS) is 17.8. The summed E-state index contributed by atoms with van der Waals surface area (Å²) in [6, 6.07) is 9.58. The van der Waals surface area contributed by atoms with Crippen LogP contribution in [0.3, 0.4) is 0 Å². The molecule has 0 aromatic carbocycles. The number of aromatic nitrogens is 3. The molecule has 6 nitrogen and oxygen atoms in total. The van der Waals surface area contributed by atoms with Crippen molar-refractivity contribution in [3.8, 4) is 5.88 Å². The van der Waals surface area contributed by atoms with Gasteiger partial charge in [0.2, 0.25) is 5.88 Å². The van der Waals surface area contributed by atoms with Crippen LogP contribution >= 0.6 is 0 Å². The number of pyridine rings is 1. The Morgan fingerprint density at radius 3 is 3.08 bits per heavy atom. The van der Waals surface area contributed by atoms with E-state index in [4.69, 9.17) is 4.74 Å². The summed E-state index contributed by atoms with van der Waals surface area (Å²) in [5.74, 6) is 0.605. The molecule has 0 aliphatic carbocycles. The first-order chi connectivity index (χ1) is 11.8. The molecule has 4 rings (SSSR count). The summed E-state index contributed by atoms with van der Waals surface area (Å²) in [5, 5.41) is 0. The highest BCUT2D eigenvalue weighted by atomic mass is 16.5. The van der Waals surface area contributed by atoms with Gasteiger partial charge in [0.25, 0.3) is 5.91 Å². The minimum atomic E-state index is -0.0327. The largest absolute Gasteiger partial charge is 0.472 e. The third-order valence-corrected chi connectivity index (χ3v) is 4.26. The van der Waals surface area contributed by atoms with Crippen molar-refractivity contribution >= 4 is 11.4 Å². The Morgan fingerprint density at radius 1 is 1.29 bits per heavy atom. The Kier molecular flexibility index (Phi) is 3.86. The number of carbonyl (C=O) groups is 1. The summed E-state index contributed by atoms with van der Waals surface area (Å²) < 4.78 is 7.84. The molecule has 0 radical (unpaired) electrons.